The third kappa shape index (κ3) is 7.70. The van der Waals surface area contributed by atoms with Gasteiger partial charge in [-0.15, -0.1) is 12.4 Å². The number of halogens is 2. The minimum absolute atomic E-state index is 0. The maximum atomic E-state index is 6.82. The van der Waals surface area contributed by atoms with E-state index >= 15 is 0 Å². The van der Waals surface area contributed by atoms with E-state index in [1.165, 1.54) is 76.0 Å². The molecule has 0 amide bonds. The fourth-order valence-electron chi connectivity index (χ4n) is 3.33. The molecule has 0 saturated carbocycles. The monoisotopic (exact) mass is 358 g/mol. The molecule has 0 bridgehead atoms. The average Bonchev–Trinajstić information content (AvgIpc) is 2.47. The van der Waals surface area contributed by atoms with E-state index in [9.17, 15) is 0 Å². The van der Waals surface area contributed by atoms with Crippen LogP contribution in [0.25, 0.3) is 0 Å². The van der Waals surface area contributed by atoms with Gasteiger partial charge in [-0.25, -0.2) is 0 Å². The van der Waals surface area contributed by atoms with Crippen LogP contribution in [0.3, 0.4) is 0 Å². The molecule has 0 aromatic rings. The Hall–Kier alpha value is 1.54. The summed E-state index contributed by atoms with van der Waals surface area (Å²) < 4.78 is 0. The number of hydrogen-bond donors (Lipinski definition) is 0. The Morgan fingerprint density at radius 2 is 0.900 bits per heavy atom. The molecular formula is C16H38AlCl2P. The third-order valence-electron chi connectivity index (χ3n) is 4.91. The molecular weight excluding hydrogens is 321 g/mol. The van der Waals surface area contributed by atoms with Crippen LogP contribution in [0.4, 0.5) is 0 Å². The van der Waals surface area contributed by atoms with Crippen LogP contribution in [0.2, 0.25) is 0 Å². The quantitative estimate of drug-likeness (QED) is 0.255. The Balaban J connectivity index is 0. The predicted octanol–water partition coefficient (Wildman–Crippen LogP) is 6.67. The van der Waals surface area contributed by atoms with E-state index < -0.39 is 5.25 Å². The first-order chi connectivity index (χ1) is 9.12. The van der Waals surface area contributed by atoms with Crippen molar-refractivity contribution in [3.63, 3.8) is 0 Å². The van der Waals surface area contributed by atoms with Gasteiger partial charge in [-0.2, -0.15) is 0 Å². The molecule has 0 nitrogen and oxygen atoms in total. The molecule has 0 N–H and O–H groups in total. The summed E-state index contributed by atoms with van der Waals surface area (Å²) in [6.07, 6.45) is 17.3. The molecule has 0 aromatic heterocycles. The van der Waals surface area contributed by atoms with Gasteiger partial charge in [0.1, 0.15) is 0 Å². The first kappa shape index (κ1) is 23.8. The van der Waals surface area contributed by atoms with Gasteiger partial charge in [0.15, 0.2) is 0 Å². The molecule has 0 radical (unpaired) electrons. The second-order valence-corrected chi connectivity index (χ2v) is 21.4. The van der Waals surface area contributed by atoms with E-state index in [1.807, 2.05) is 0 Å². The molecule has 124 valence electrons. The molecule has 0 spiro atoms. The summed E-state index contributed by atoms with van der Waals surface area (Å²) in [5.41, 5.74) is 0. The molecule has 0 aliphatic rings. The Morgan fingerprint density at radius 3 is 1.05 bits per heavy atom. The van der Waals surface area contributed by atoms with Crippen molar-refractivity contribution in [2.75, 3.05) is 24.6 Å². The van der Waals surface area contributed by atoms with Gasteiger partial charge in [-0.05, 0) is 0 Å². The van der Waals surface area contributed by atoms with E-state index in [2.05, 4.69) is 27.7 Å². The Bertz CT molecular complexity index is 181. The summed E-state index contributed by atoms with van der Waals surface area (Å²) in [4.78, 5) is 0. The zero-order valence-electron chi connectivity index (χ0n) is 14.4. The molecule has 0 aliphatic carbocycles. The van der Waals surface area contributed by atoms with E-state index in [4.69, 9.17) is 10.0 Å². The number of rotatable bonds is 13. The largest absolute Gasteiger partial charge is 0.147 e. The molecule has 0 rings (SSSR count). The maximum absolute atomic E-state index is 6.82. The van der Waals surface area contributed by atoms with Crippen molar-refractivity contribution in [1.82, 2.24) is 0 Å². The molecule has 0 aromatic carbocycles. The van der Waals surface area contributed by atoms with Crippen LogP contribution in [0.15, 0.2) is 0 Å². The van der Waals surface area contributed by atoms with Crippen molar-refractivity contribution in [2.24, 2.45) is 0 Å². The topological polar surface area (TPSA) is 0 Å². The average molecular weight is 359 g/mol. The molecule has 0 fully saturated rings. The van der Waals surface area contributed by atoms with Crippen molar-refractivity contribution < 1.29 is 0 Å². The zero-order chi connectivity index (χ0) is 14.6. The van der Waals surface area contributed by atoms with Crippen molar-refractivity contribution in [1.29, 1.82) is 0 Å². The van der Waals surface area contributed by atoms with Crippen molar-refractivity contribution in [2.45, 2.75) is 79.1 Å². The van der Waals surface area contributed by atoms with Gasteiger partial charge in [-0.1, -0.05) is 0 Å². The standard InChI is InChI=1S/C16H36P.Al.2ClH.H/c1-5-9-13-17(14-10-6-2,15-11-7-3)16-12-8-4;;;;/h5-16H2,1-4H3;;2*1H;/q+1;;;;/p-1. The van der Waals surface area contributed by atoms with Gasteiger partial charge in [0, 0.05) is 0 Å². The molecule has 0 saturated heterocycles. The van der Waals surface area contributed by atoms with Gasteiger partial charge in [0.05, 0.1) is 0 Å². The maximum Gasteiger partial charge on any atom is -0.147 e. The summed E-state index contributed by atoms with van der Waals surface area (Å²) in [5.74, 6) is 0. The molecule has 0 atom stereocenters. The summed E-state index contributed by atoms with van der Waals surface area (Å²) in [6.45, 7) is 9.39. The fraction of sp³-hybridized carbons (Fsp3) is 1.00. The zero-order valence-corrected chi connectivity index (χ0v) is 18.3. The Kier molecular flexibility index (Phi) is 15.5. The summed E-state index contributed by atoms with van der Waals surface area (Å²) in [7, 11) is 6.82. The van der Waals surface area contributed by atoms with Crippen LogP contribution in [-0.4, -0.2) is 38.5 Å². The van der Waals surface area contributed by atoms with Crippen LogP contribution >= 0.6 is 27.7 Å². The first-order valence-electron chi connectivity index (χ1n) is 8.68. The van der Waals surface area contributed by atoms with Gasteiger partial charge in [0.25, 0.3) is 0 Å². The van der Waals surface area contributed by atoms with Gasteiger partial charge in [0.2, 0.25) is 0 Å². The minimum Gasteiger partial charge on any atom is -0.147 e. The summed E-state index contributed by atoms with van der Waals surface area (Å²) in [6, 6.07) is 0. The van der Waals surface area contributed by atoms with Crippen LogP contribution in [0.1, 0.15) is 79.1 Å². The second kappa shape index (κ2) is 13.0. The fourth-order valence-corrected chi connectivity index (χ4v) is 18.4. The van der Waals surface area contributed by atoms with Gasteiger partial charge in [-0.3, -0.25) is 0 Å². The molecule has 20 heavy (non-hydrogen) atoms. The van der Waals surface area contributed by atoms with E-state index in [0.717, 1.165) is 0 Å². The Labute approximate surface area is 145 Å². The van der Waals surface area contributed by atoms with Crippen molar-refractivity contribution in [3.05, 3.63) is 0 Å². The van der Waals surface area contributed by atoms with Crippen molar-refractivity contribution in [3.8, 4) is 0 Å². The molecule has 0 heterocycles. The van der Waals surface area contributed by atoms with Crippen LogP contribution in [0.5, 0.6) is 0 Å². The normalized spacial score (nSPS) is 13.3. The molecule has 0 unspecified atom stereocenters. The molecule has 4 heteroatoms. The van der Waals surface area contributed by atoms with E-state index in [0.29, 0.717) is 0 Å². The minimum atomic E-state index is -1.48. The summed E-state index contributed by atoms with van der Waals surface area (Å²) in [5, 5.41) is -1.48. The smallest absolute Gasteiger partial charge is 0.147 e. The summed E-state index contributed by atoms with van der Waals surface area (Å²) >= 11 is -0.364. The SMILES string of the molecule is CCCC[P](CCCC)(CCCC)(CCCC)[AlH][Cl].Cl. The van der Waals surface area contributed by atoms with Gasteiger partial charge >= 0.3 is 133 Å². The van der Waals surface area contributed by atoms with E-state index in [-0.39, 0.29) is 26.3 Å². The Morgan fingerprint density at radius 1 is 0.650 bits per heavy atom. The number of unbranched alkanes of at least 4 members (excludes halogenated alkanes) is 4. The van der Waals surface area contributed by atoms with Crippen molar-refractivity contribution >= 4 is 41.6 Å². The third-order valence-corrected chi connectivity index (χ3v) is 23.8. The first-order valence-corrected chi connectivity index (χ1v) is 15.9. The number of hydrogen-bond acceptors (Lipinski definition) is 0. The van der Waals surface area contributed by atoms with Crippen LogP contribution < -0.4 is 0 Å². The predicted molar refractivity (Wildman–Crippen MR) is 106 cm³/mol. The van der Waals surface area contributed by atoms with Crippen LogP contribution in [0, 0.1) is 0 Å². The second-order valence-electron chi connectivity index (χ2n) is 6.66. The van der Waals surface area contributed by atoms with Crippen LogP contribution in [-0.2, 0) is 0 Å². The van der Waals surface area contributed by atoms with Gasteiger partial charge < -0.3 is 0 Å². The van der Waals surface area contributed by atoms with E-state index in [1.54, 1.807) is 0 Å². The molecule has 0 aliphatic heterocycles.